The summed E-state index contributed by atoms with van der Waals surface area (Å²) in [6.07, 6.45) is 0. The summed E-state index contributed by atoms with van der Waals surface area (Å²) in [7, 11) is -3.50. The first-order chi connectivity index (χ1) is 9.85. The van der Waals surface area contributed by atoms with Crippen LogP contribution in [-0.2, 0) is 10.0 Å². The van der Waals surface area contributed by atoms with Crippen molar-refractivity contribution in [3.63, 3.8) is 0 Å². The maximum absolute atomic E-state index is 12.0. The van der Waals surface area contributed by atoms with Crippen molar-refractivity contribution in [3.05, 3.63) is 16.5 Å². The summed E-state index contributed by atoms with van der Waals surface area (Å²) < 4.78 is 27.1. The van der Waals surface area contributed by atoms with Gasteiger partial charge in [0, 0.05) is 19.1 Å². The van der Waals surface area contributed by atoms with Crippen LogP contribution in [0.15, 0.2) is 21.3 Å². The van der Waals surface area contributed by atoms with Crippen LogP contribution in [0.5, 0.6) is 0 Å². The lowest BCUT2D eigenvalue weighted by atomic mass is 10.4. The molecule has 0 amide bonds. The third kappa shape index (κ3) is 6.64. The minimum Gasteiger partial charge on any atom is -0.357 e. The smallest absolute Gasteiger partial charge is 0.250 e. The van der Waals surface area contributed by atoms with Gasteiger partial charge in [0.25, 0.3) is 0 Å². The monoisotopic (exact) mass is 352 g/mol. The third-order valence-electron chi connectivity index (χ3n) is 2.26. The molecule has 0 aliphatic carbocycles. The van der Waals surface area contributed by atoms with E-state index >= 15 is 0 Å². The van der Waals surface area contributed by atoms with Crippen LogP contribution in [0, 0.1) is 0 Å². The lowest BCUT2D eigenvalue weighted by Gasteiger charge is -2.13. The van der Waals surface area contributed by atoms with Gasteiger partial charge in [0.1, 0.15) is 4.21 Å². The normalized spacial score (nSPS) is 12.7. The van der Waals surface area contributed by atoms with Crippen molar-refractivity contribution >= 4 is 38.9 Å². The van der Waals surface area contributed by atoms with Gasteiger partial charge in [-0.25, -0.2) is 13.1 Å². The Morgan fingerprint density at radius 1 is 1.43 bits per heavy atom. The highest BCUT2D eigenvalue weighted by Gasteiger charge is 2.15. The zero-order chi connectivity index (χ0) is 15.9. The highest BCUT2D eigenvalue weighted by atomic mass is 35.5. The molecular weight excluding hydrogens is 332 g/mol. The molecule has 0 spiro atoms. The molecule has 0 fully saturated rings. The van der Waals surface area contributed by atoms with E-state index in [0.717, 1.165) is 17.9 Å². The van der Waals surface area contributed by atoms with Gasteiger partial charge in [-0.05, 0) is 32.9 Å². The van der Waals surface area contributed by atoms with Crippen LogP contribution < -0.4 is 15.4 Å². The first-order valence-electron chi connectivity index (χ1n) is 6.65. The Balaban J connectivity index is 2.51. The van der Waals surface area contributed by atoms with Crippen molar-refractivity contribution in [2.24, 2.45) is 4.99 Å². The first-order valence-corrected chi connectivity index (χ1v) is 9.32. The van der Waals surface area contributed by atoms with E-state index in [9.17, 15) is 8.42 Å². The SMILES string of the molecule is CCNC(=NCCNS(=O)(=O)c1ccc(Cl)s1)NC(C)C. The number of hydrogen-bond donors (Lipinski definition) is 3. The molecule has 0 saturated carbocycles. The van der Waals surface area contributed by atoms with Crippen molar-refractivity contribution < 1.29 is 8.42 Å². The molecule has 1 aromatic heterocycles. The van der Waals surface area contributed by atoms with E-state index < -0.39 is 10.0 Å². The molecule has 0 unspecified atom stereocenters. The zero-order valence-corrected chi connectivity index (χ0v) is 14.7. The molecular formula is C12H21ClN4O2S2. The van der Waals surface area contributed by atoms with Crippen molar-refractivity contribution in [2.45, 2.75) is 31.0 Å². The van der Waals surface area contributed by atoms with Crippen LogP contribution in [0.2, 0.25) is 4.34 Å². The molecule has 0 aliphatic rings. The van der Waals surface area contributed by atoms with Crippen molar-refractivity contribution in [1.29, 1.82) is 0 Å². The molecule has 0 atom stereocenters. The van der Waals surface area contributed by atoms with Crippen LogP contribution >= 0.6 is 22.9 Å². The van der Waals surface area contributed by atoms with Crippen molar-refractivity contribution in [1.82, 2.24) is 15.4 Å². The number of sulfonamides is 1. The average molecular weight is 353 g/mol. The minimum atomic E-state index is -3.50. The lowest BCUT2D eigenvalue weighted by Crippen LogP contribution is -2.41. The fourth-order valence-electron chi connectivity index (χ4n) is 1.45. The third-order valence-corrected chi connectivity index (χ3v) is 5.44. The average Bonchev–Trinajstić information content (AvgIpc) is 2.81. The molecule has 120 valence electrons. The zero-order valence-electron chi connectivity index (χ0n) is 12.3. The largest absolute Gasteiger partial charge is 0.357 e. The molecule has 0 aromatic carbocycles. The molecule has 1 heterocycles. The van der Waals surface area contributed by atoms with Crippen LogP contribution in [0.3, 0.4) is 0 Å². The molecule has 9 heteroatoms. The van der Waals surface area contributed by atoms with Crippen LogP contribution in [0.4, 0.5) is 0 Å². The summed E-state index contributed by atoms with van der Waals surface area (Å²) in [6.45, 7) is 7.32. The minimum absolute atomic E-state index is 0.212. The number of hydrogen-bond acceptors (Lipinski definition) is 4. The van der Waals surface area contributed by atoms with Gasteiger partial charge in [-0.3, -0.25) is 4.99 Å². The second-order valence-electron chi connectivity index (χ2n) is 4.52. The van der Waals surface area contributed by atoms with E-state index in [-0.39, 0.29) is 16.8 Å². The Labute approximate surface area is 135 Å². The van der Waals surface area contributed by atoms with E-state index in [1.807, 2.05) is 20.8 Å². The number of nitrogens with zero attached hydrogens (tertiary/aromatic N) is 1. The lowest BCUT2D eigenvalue weighted by molar-refractivity contribution is 0.584. The number of thiophene rings is 1. The summed E-state index contributed by atoms with van der Waals surface area (Å²) in [5.74, 6) is 0.672. The molecule has 0 bridgehead atoms. The van der Waals surface area contributed by atoms with Crippen LogP contribution in [0.1, 0.15) is 20.8 Å². The Morgan fingerprint density at radius 3 is 2.67 bits per heavy atom. The van der Waals surface area contributed by atoms with Gasteiger partial charge >= 0.3 is 0 Å². The second-order valence-corrected chi connectivity index (χ2v) is 8.22. The van der Waals surface area contributed by atoms with Gasteiger partial charge in [-0.2, -0.15) is 0 Å². The van der Waals surface area contributed by atoms with Gasteiger partial charge in [-0.1, -0.05) is 11.6 Å². The fourth-order valence-corrected chi connectivity index (χ4v) is 4.00. The number of aliphatic imine (C=N–C) groups is 1. The van der Waals surface area contributed by atoms with Gasteiger partial charge in [0.2, 0.25) is 10.0 Å². The van der Waals surface area contributed by atoms with E-state index in [2.05, 4.69) is 20.3 Å². The van der Waals surface area contributed by atoms with Crippen LogP contribution in [-0.4, -0.2) is 40.1 Å². The van der Waals surface area contributed by atoms with Crippen molar-refractivity contribution in [3.8, 4) is 0 Å². The molecule has 3 N–H and O–H groups in total. The number of rotatable bonds is 7. The molecule has 1 aromatic rings. The summed E-state index contributed by atoms with van der Waals surface area (Å²) in [4.78, 5) is 4.30. The summed E-state index contributed by atoms with van der Waals surface area (Å²) >= 11 is 6.77. The quantitative estimate of drug-likeness (QED) is 0.396. The molecule has 1 rings (SSSR count). The van der Waals surface area contributed by atoms with Gasteiger partial charge in [0.05, 0.1) is 10.9 Å². The van der Waals surface area contributed by atoms with Gasteiger partial charge < -0.3 is 10.6 Å². The Bertz CT molecular complexity index is 570. The Hall–Kier alpha value is -0.830. The highest BCUT2D eigenvalue weighted by molar-refractivity contribution is 7.91. The fraction of sp³-hybridized carbons (Fsp3) is 0.583. The number of halogens is 1. The molecule has 6 nitrogen and oxygen atoms in total. The highest BCUT2D eigenvalue weighted by Crippen LogP contribution is 2.25. The molecule has 0 radical (unpaired) electrons. The standard InChI is InChI=1S/C12H21ClN4O2S2/c1-4-14-12(17-9(2)3)15-7-8-16-21(18,19)11-6-5-10(13)20-11/h5-6,9,16H,4,7-8H2,1-3H3,(H2,14,15,17). The van der Waals surface area contributed by atoms with E-state index in [1.54, 1.807) is 6.07 Å². The number of guanidine groups is 1. The van der Waals surface area contributed by atoms with Crippen molar-refractivity contribution in [2.75, 3.05) is 19.6 Å². The molecule has 21 heavy (non-hydrogen) atoms. The van der Waals surface area contributed by atoms with Gasteiger partial charge in [-0.15, -0.1) is 11.3 Å². The molecule has 0 aliphatic heterocycles. The van der Waals surface area contributed by atoms with Crippen LogP contribution in [0.25, 0.3) is 0 Å². The van der Waals surface area contributed by atoms with E-state index in [0.29, 0.717) is 16.8 Å². The maximum atomic E-state index is 12.0. The molecule has 0 saturated heterocycles. The summed E-state index contributed by atoms with van der Waals surface area (Å²) in [5.41, 5.74) is 0. The maximum Gasteiger partial charge on any atom is 0.250 e. The number of nitrogens with one attached hydrogen (secondary N) is 3. The first kappa shape index (κ1) is 18.2. The second kappa shape index (κ2) is 8.57. The van der Waals surface area contributed by atoms with E-state index in [1.165, 1.54) is 6.07 Å². The Kier molecular flexibility index (Phi) is 7.44. The summed E-state index contributed by atoms with van der Waals surface area (Å²) in [6, 6.07) is 3.31. The topological polar surface area (TPSA) is 82.6 Å². The Morgan fingerprint density at radius 2 is 2.14 bits per heavy atom. The summed E-state index contributed by atoms with van der Waals surface area (Å²) in [5, 5.41) is 6.25. The van der Waals surface area contributed by atoms with Gasteiger partial charge in [0.15, 0.2) is 5.96 Å². The predicted octanol–water partition coefficient (Wildman–Crippen LogP) is 1.64. The van der Waals surface area contributed by atoms with E-state index in [4.69, 9.17) is 11.6 Å². The predicted molar refractivity (Wildman–Crippen MR) is 88.8 cm³/mol.